The molecule has 1 heterocycles. The Kier molecular flexibility index (Phi) is 6.10. The number of aromatic nitrogens is 4. The lowest BCUT2D eigenvalue weighted by molar-refractivity contribution is -0.117. The van der Waals surface area contributed by atoms with Gasteiger partial charge in [0.15, 0.2) is 0 Å². The van der Waals surface area contributed by atoms with Gasteiger partial charge in [-0.1, -0.05) is 36.9 Å². The fourth-order valence-electron chi connectivity index (χ4n) is 1.65. The molecule has 2 N–H and O–H groups in total. The molecule has 0 spiro atoms. The third-order valence-corrected chi connectivity index (χ3v) is 3.94. The molecule has 0 aliphatic carbocycles. The molecule has 0 saturated carbocycles. The monoisotopic (exact) mass is 334 g/mol. The van der Waals surface area contributed by atoms with E-state index in [-0.39, 0.29) is 11.8 Å². The van der Waals surface area contributed by atoms with Crippen molar-refractivity contribution in [2.24, 2.45) is 0 Å². The number of imide groups is 1. The van der Waals surface area contributed by atoms with E-state index >= 15 is 0 Å². The van der Waals surface area contributed by atoms with Gasteiger partial charge in [0.1, 0.15) is 0 Å². The first-order valence-corrected chi connectivity index (χ1v) is 8.15. The normalized spacial score (nSPS) is 11.7. The molecule has 0 unspecified atom stereocenters. The van der Waals surface area contributed by atoms with Crippen LogP contribution in [-0.2, 0) is 4.79 Å². The summed E-state index contributed by atoms with van der Waals surface area (Å²) in [5, 5.41) is 16.8. The number of thioether (sulfide) groups is 1. The van der Waals surface area contributed by atoms with Crippen LogP contribution in [0.3, 0.4) is 0 Å². The van der Waals surface area contributed by atoms with Crippen LogP contribution in [0.5, 0.6) is 0 Å². The van der Waals surface area contributed by atoms with Gasteiger partial charge in [0.2, 0.25) is 11.1 Å². The Hall–Kier alpha value is -2.42. The highest BCUT2D eigenvalue weighted by atomic mass is 32.2. The van der Waals surface area contributed by atoms with Gasteiger partial charge in [-0.15, -0.1) is 5.10 Å². The van der Waals surface area contributed by atoms with Crippen molar-refractivity contribution < 1.29 is 9.59 Å². The summed E-state index contributed by atoms with van der Waals surface area (Å²) in [4.78, 5) is 23.4. The van der Waals surface area contributed by atoms with Crippen molar-refractivity contribution in [3.8, 4) is 5.69 Å². The highest BCUT2D eigenvalue weighted by Gasteiger charge is 2.13. The molecule has 0 radical (unpaired) electrons. The summed E-state index contributed by atoms with van der Waals surface area (Å²) in [6.45, 7) is 3.82. The van der Waals surface area contributed by atoms with E-state index in [1.165, 1.54) is 4.68 Å². The van der Waals surface area contributed by atoms with Gasteiger partial charge in [0.05, 0.1) is 11.4 Å². The maximum atomic E-state index is 11.8. The number of benzene rings is 1. The van der Waals surface area contributed by atoms with Crippen molar-refractivity contribution in [1.82, 2.24) is 30.8 Å². The Balaban J connectivity index is 1.88. The van der Waals surface area contributed by atoms with Crippen LogP contribution in [-0.4, -0.2) is 43.9 Å². The van der Waals surface area contributed by atoms with Crippen molar-refractivity contribution in [3.63, 3.8) is 0 Å². The molecule has 1 aromatic heterocycles. The number of para-hydroxylation sites is 1. The third-order valence-electron chi connectivity index (χ3n) is 3.02. The largest absolute Gasteiger partial charge is 0.335 e. The molecule has 0 saturated heterocycles. The molecule has 0 bridgehead atoms. The summed E-state index contributed by atoms with van der Waals surface area (Å²) in [6, 6.07) is 8.88. The first-order valence-electron chi connectivity index (χ1n) is 7.17. The highest BCUT2D eigenvalue weighted by molar-refractivity contribution is 7.99. The van der Waals surface area contributed by atoms with Gasteiger partial charge in [0.25, 0.3) is 0 Å². The SMILES string of the molecule is CC[C@H](C)NC(=O)NC(=O)CSc1nnnn1-c1ccccc1. The van der Waals surface area contributed by atoms with Crippen molar-refractivity contribution in [3.05, 3.63) is 30.3 Å². The molecule has 3 amide bonds. The Labute approximate surface area is 138 Å². The molecule has 9 heteroatoms. The second kappa shape index (κ2) is 8.28. The zero-order valence-corrected chi connectivity index (χ0v) is 13.7. The number of hydrogen-bond acceptors (Lipinski definition) is 6. The molecule has 2 aromatic rings. The summed E-state index contributed by atoms with van der Waals surface area (Å²) in [6.07, 6.45) is 0.794. The topological polar surface area (TPSA) is 102 Å². The van der Waals surface area contributed by atoms with Crippen molar-refractivity contribution in [2.45, 2.75) is 31.5 Å². The lowest BCUT2D eigenvalue weighted by atomic mass is 10.3. The number of carbonyl (C=O) groups excluding carboxylic acids is 2. The summed E-state index contributed by atoms with van der Waals surface area (Å²) >= 11 is 1.16. The fourth-order valence-corrected chi connectivity index (χ4v) is 2.35. The van der Waals surface area contributed by atoms with E-state index in [2.05, 4.69) is 26.2 Å². The van der Waals surface area contributed by atoms with Crippen molar-refractivity contribution >= 4 is 23.7 Å². The van der Waals surface area contributed by atoms with Crippen LogP contribution in [0.2, 0.25) is 0 Å². The minimum atomic E-state index is -0.493. The minimum Gasteiger partial charge on any atom is -0.335 e. The predicted octanol–water partition coefficient (Wildman–Crippen LogP) is 1.38. The van der Waals surface area contributed by atoms with Gasteiger partial charge in [-0.05, 0) is 35.9 Å². The van der Waals surface area contributed by atoms with E-state index in [1.807, 2.05) is 44.2 Å². The van der Waals surface area contributed by atoms with Crippen molar-refractivity contribution in [2.75, 3.05) is 5.75 Å². The molecule has 0 aliphatic heterocycles. The van der Waals surface area contributed by atoms with E-state index in [0.29, 0.717) is 5.16 Å². The fraction of sp³-hybridized carbons (Fsp3) is 0.357. The molecule has 8 nitrogen and oxygen atoms in total. The van der Waals surface area contributed by atoms with Crippen LogP contribution >= 0.6 is 11.8 Å². The number of rotatable bonds is 6. The van der Waals surface area contributed by atoms with E-state index in [1.54, 1.807) is 0 Å². The van der Waals surface area contributed by atoms with Crippen molar-refractivity contribution in [1.29, 1.82) is 0 Å². The second-order valence-electron chi connectivity index (χ2n) is 4.83. The number of amides is 3. The van der Waals surface area contributed by atoms with Gasteiger partial charge in [-0.3, -0.25) is 10.1 Å². The van der Waals surface area contributed by atoms with Crippen LogP contribution in [0, 0.1) is 0 Å². The Bertz CT molecular complexity index is 660. The Morgan fingerprint density at radius 3 is 2.74 bits per heavy atom. The van der Waals surface area contributed by atoms with Crippen LogP contribution in [0.15, 0.2) is 35.5 Å². The molecular formula is C14H18N6O2S. The Morgan fingerprint density at radius 1 is 1.30 bits per heavy atom. The van der Waals surface area contributed by atoms with E-state index in [4.69, 9.17) is 0 Å². The standard InChI is InChI=1S/C14H18N6O2S/c1-3-10(2)15-13(22)16-12(21)9-23-14-17-18-19-20(14)11-7-5-4-6-8-11/h4-8,10H,3,9H2,1-2H3,(H2,15,16,21,22)/t10-/m0/s1. The maximum absolute atomic E-state index is 11.8. The Morgan fingerprint density at radius 2 is 2.04 bits per heavy atom. The lowest BCUT2D eigenvalue weighted by Crippen LogP contribution is -2.43. The van der Waals surface area contributed by atoms with Crippen LogP contribution < -0.4 is 10.6 Å². The summed E-state index contributed by atoms with van der Waals surface area (Å²) in [5.74, 6) is -0.361. The minimum absolute atomic E-state index is 0.0147. The average Bonchev–Trinajstić information content (AvgIpc) is 3.02. The number of nitrogens with zero attached hydrogens (tertiary/aromatic N) is 4. The quantitative estimate of drug-likeness (QED) is 0.774. The number of tetrazole rings is 1. The molecule has 0 aliphatic rings. The summed E-state index contributed by atoms with van der Waals surface area (Å²) < 4.78 is 1.54. The zero-order chi connectivity index (χ0) is 16.7. The predicted molar refractivity (Wildman–Crippen MR) is 86.3 cm³/mol. The van der Waals surface area contributed by atoms with Crippen LogP contribution in [0.25, 0.3) is 5.69 Å². The van der Waals surface area contributed by atoms with E-state index in [0.717, 1.165) is 23.9 Å². The number of hydrogen-bond donors (Lipinski definition) is 2. The molecule has 1 aromatic carbocycles. The van der Waals surface area contributed by atoms with Gasteiger partial charge in [-0.2, -0.15) is 4.68 Å². The smallest absolute Gasteiger partial charge is 0.321 e. The summed E-state index contributed by atoms with van der Waals surface area (Å²) in [7, 11) is 0. The molecular weight excluding hydrogens is 316 g/mol. The third kappa shape index (κ3) is 5.06. The molecule has 2 rings (SSSR count). The second-order valence-corrected chi connectivity index (χ2v) is 5.77. The molecule has 122 valence electrons. The first-order chi connectivity index (χ1) is 11.1. The van der Waals surface area contributed by atoms with E-state index in [9.17, 15) is 9.59 Å². The highest BCUT2D eigenvalue weighted by Crippen LogP contribution is 2.17. The summed E-state index contributed by atoms with van der Waals surface area (Å²) in [5.41, 5.74) is 0.801. The lowest BCUT2D eigenvalue weighted by Gasteiger charge is -2.11. The molecule has 23 heavy (non-hydrogen) atoms. The average molecular weight is 334 g/mol. The molecule has 1 atom stereocenters. The van der Waals surface area contributed by atoms with Gasteiger partial charge >= 0.3 is 6.03 Å². The number of nitrogens with one attached hydrogen (secondary N) is 2. The first kappa shape index (κ1) is 16.9. The van der Waals surface area contributed by atoms with Crippen LogP contribution in [0.4, 0.5) is 4.79 Å². The van der Waals surface area contributed by atoms with Crippen LogP contribution in [0.1, 0.15) is 20.3 Å². The number of carbonyl (C=O) groups is 2. The number of urea groups is 1. The zero-order valence-electron chi connectivity index (χ0n) is 12.9. The van der Waals surface area contributed by atoms with Gasteiger partial charge in [0, 0.05) is 6.04 Å². The van der Waals surface area contributed by atoms with Gasteiger partial charge < -0.3 is 5.32 Å². The van der Waals surface area contributed by atoms with Gasteiger partial charge in [-0.25, -0.2) is 4.79 Å². The van der Waals surface area contributed by atoms with E-state index < -0.39 is 11.9 Å². The maximum Gasteiger partial charge on any atom is 0.321 e. The molecule has 0 fully saturated rings.